The predicted molar refractivity (Wildman–Crippen MR) is 72.3 cm³/mol. The minimum Gasteiger partial charge on any atom is -0.376 e. The van der Waals surface area contributed by atoms with Gasteiger partial charge in [-0.15, -0.1) is 0 Å². The second-order valence-corrected chi connectivity index (χ2v) is 6.32. The van der Waals surface area contributed by atoms with E-state index in [9.17, 15) is 9.67 Å². The maximum atomic E-state index is 12.3. The first-order valence-electron chi connectivity index (χ1n) is 5.46. The smallest absolute Gasteiger partial charge is 0.363 e. The van der Waals surface area contributed by atoms with Crippen molar-refractivity contribution in [3.63, 3.8) is 0 Å². The molecule has 1 atom stereocenters. The second kappa shape index (κ2) is 6.90. The van der Waals surface area contributed by atoms with Crippen molar-refractivity contribution in [1.82, 2.24) is 0 Å². The number of halogens is 2. The van der Waals surface area contributed by atoms with Gasteiger partial charge in [-0.25, -0.2) is 0 Å². The van der Waals surface area contributed by atoms with Crippen LogP contribution in [0.15, 0.2) is 18.2 Å². The molecule has 1 N–H and O–H groups in total. The number of aliphatic hydroxyl groups excluding tert-OH is 1. The first-order valence-corrected chi connectivity index (χ1v) is 7.83. The van der Waals surface area contributed by atoms with Crippen LogP contribution in [0.5, 0.6) is 0 Å². The molecule has 4 nitrogen and oxygen atoms in total. The Bertz CT molecular complexity index is 443. The molecule has 0 heterocycles. The van der Waals surface area contributed by atoms with E-state index in [4.69, 9.17) is 32.2 Å². The summed E-state index contributed by atoms with van der Waals surface area (Å²) in [6.45, 7) is 3.70. The molecule has 0 aromatic heterocycles. The maximum Gasteiger partial charge on any atom is 0.363 e. The molecule has 0 saturated heterocycles. The molecule has 0 saturated carbocycles. The number of hydrogen-bond acceptors (Lipinski definition) is 4. The van der Waals surface area contributed by atoms with Crippen molar-refractivity contribution < 1.29 is 18.7 Å². The van der Waals surface area contributed by atoms with E-state index in [0.29, 0.717) is 10.6 Å². The quantitative estimate of drug-likeness (QED) is 0.798. The van der Waals surface area contributed by atoms with Gasteiger partial charge in [0.15, 0.2) is 5.85 Å². The molecule has 0 amide bonds. The minimum atomic E-state index is -3.61. The average molecular weight is 313 g/mol. The molecule has 1 aromatic carbocycles. The molecule has 0 radical (unpaired) electrons. The van der Waals surface area contributed by atoms with Crippen molar-refractivity contribution >= 4 is 30.8 Å². The molecule has 18 heavy (non-hydrogen) atoms. The van der Waals surface area contributed by atoms with Gasteiger partial charge in [0.05, 0.1) is 23.3 Å². The summed E-state index contributed by atoms with van der Waals surface area (Å²) >= 11 is 11.6. The van der Waals surface area contributed by atoms with Crippen molar-refractivity contribution in [2.24, 2.45) is 0 Å². The third-order valence-electron chi connectivity index (χ3n) is 2.16. The lowest BCUT2D eigenvalue weighted by atomic mass is 10.2. The highest BCUT2D eigenvalue weighted by atomic mass is 35.5. The van der Waals surface area contributed by atoms with Crippen LogP contribution < -0.4 is 0 Å². The van der Waals surface area contributed by atoms with Crippen LogP contribution in [-0.4, -0.2) is 18.3 Å². The number of aliphatic hydroxyl groups is 1. The number of hydrogen-bond donors (Lipinski definition) is 1. The predicted octanol–water partition coefficient (Wildman–Crippen LogP) is 4.25. The first-order chi connectivity index (χ1) is 8.44. The molecule has 0 bridgehead atoms. The summed E-state index contributed by atoms with van der Waals surface area (Å²) in [5, 5.41) is 10.7. The fourth-order valence-corrected chi connectivity index (χ4v) is 3.30. The summed E-state index contributed by atoms with van der Waals surface area (Å²) in [6, 6.07) is 4.49. The molecule has 0 aliphatic rings. The average Bonchev–Trinajstić information content (AvgIpc) is 2.32. The summed E-state index contributed by atoms with van der Waals surface area (Å²) in [5.41, 5.74) is 0.342. The fourth-order valence-electron chi connectivity index (χ4n) is 1.39. The molecule has 7 heteroatoms. The zero-order valence-electron chi connectivity index (χ0n) is 10.1. The summed E-state index contributed by atoms with van der Waals surface area (Å²) in [6.07, 6.45) is 0. The molecule has 1 rings (SSSR count). The van der Waals surface area contributed by atoms with Gasteiger partial charge in [-0.3, -0.25) is 4.57 Å². The number of rotatable bonds is 6. The molecular formula is C11H15Cl2O4P. The summed E-state index contributed by atoms with van der Waals surface area (Å²) < 4.78 is 22.5. The van der Waals surface area contributed by atoms with Crippen molar-refractivity contribution in [1.29, 1.82) is 0 Å². The van der Waals surface area contributed by atoms with Crippen molar-refractivity contribution in [3.8, 4) is 0 Å². The van der Waals surface area contributed by atoms with Crippen molar-refractivity contribution in [2.45, 2.75) is 19.7 Å². The second-order valence-electron chi connectivity index (χ2n) is 3.42. The molecule has 1 aromatic rings. The molecule has 0 spiro atoms. The molecule has 0 aliphatic carbocycles. The third kappa shape index (κ3) is 3.70. The van der Waals surface area contributed by atoms with E-state index in [1.807, 2.05) is 0 Å². The van der Waals surface area contributed by atoms with E-state index in [-0.39, 0.29) is 18.2 Å². The first kappa shape index (κ1) is 16.0. The van der Waals surface area contributed by atoms with Crippen LogP contribution >= 0.6 is 30.8 Å². The zero-order chi connectivity index (χ0) is 13.8. The lowest BCUT2D eigenvalue weighted by molar-refractivity contribution is 0.150. The highest BCUT2D eigenvalue weighted by Gasteiger charge is 2.35. The molecule has 0 aliphatic heterocycles. The van der Waals surface area contributed by atoms with Gasteiger partial charge in [0.1, 0.15) is 0 Å². The minimum absolute atomic E-state index is 0.176. The van der Waals surface area contributed by atoms with E-state index in [2.05, 4.69) is 0 Å². The standard InChI is InChI=1S/C11H15Cl2O4P/c1-3-16-18(15,17-4-2)11(14)8-5-6-9(12)10(13)7-8/h5-7,11,14H,3-4H2,1-2H3/t11-/m0/s1. The molecule has 0 fully saturated rings. The molecular weight excluding hydrogens is 298 g/mol. The monoisotopic (exact) mass is 312 g/mol. The van der Waals surface area contributed by atoms with Crippen LogP contribution in [0.1, 0.15) is 25.3 Å². The Morgan fingerprint density at radius 2 is 1.78 bits per heavy atom. The van der Waals surface area contributed by atoms with E-state index >= 15 is 0 Å². The van der Waals surface area contributed by atoms with E-state index in [1.165, 1.54) is 18.2 Å². The zero-order valence-corrected chi connectivity index (χ0v) is 12.5. The third-order valence-corrected chi connectivity index (χ3v) is 5.03. The van der Waals surface area contributed by atoms with Gasteiger partial charge < -0.3 is 14.2 Å². The van der Waals surface area contributed by atoms with Gasteiger partial charge in [0.2, 0.25) is 0 Å². The van der Waals surface area contributed by atoms with Crippen molar-refractivity contribution in [3.05, 3.63) is 33.8 Å². The van der Waals surface area contributed by atoms with E-state index in [0.717, 1.165) is 0 Å². The Balaban J connectivity index is 3.05. The Labute approximate surface area is 116 Å². The summed E-state index contributed by atoms with van der Waals surface area (Å²) in [5.74, 6) is -1.38. The summed E-state index contributed by atoms with van der Waals surface area (Å²) in [4.78, 5) is 0. The number of benzene rings is 1. The van der Waals surface area contributed by atoms with Gasteiger partial charge in [0, 0.05) is 0 Å². The largest absolute Gasteiger partial charge is 0.376 e. The van der Waals surface area contributed by atoms with E-state index in [1.54, 1.807) is 13.8 Å². The van der Waals surface area contributed by atoms with Crippen LogP contribution in [0.2, 0.25) is 10.0 Å². The SMILES string of the molecule is CCOP(=O)(OCC)[C@H](O)c1ccc(Cl)c(Cl)c1. The van der Waals surface area contributed by atoms with Gasteiger partial charge in [0.25, 0.3) is 0 Å². The Hall–Kier alpha value is -0.0900. The topological polar surface area (TPSA) is 55.8 Å². The molecule has 102 valence electrons. The molecule has 0 unspecified atom stereocenters. The van der Waals surface area contributed by atoms with Gasteiger partial charge in [-0.05, 0) is 31.5 Å². The highest BCUT2D eigenvalue weighted by Crippen LogP contribution is 2.59. The normalized spacial score (nSPS) is 13.6. The summed E-state index contributed by atoms with van der Waals surface area (Å²) in [7, 11) is -3.61. The Morgan fingerprint density at radius 3 is 2.22 bits per heavy atom. The van der Waals surface area contributed by atoms with Crippen molar-refractivity contribution in [2.75, 3.05) is 13.2 Å². The van der Waals surface area contributed by atoms with E-state index < -0.39 is 13.4 Å². The van der Waals surface area contributed by atoms with Gasteiger partial charge in [-0.2, -0.15) is 0 Å². The lowest BCUT2D eigenvalue weighted by Crippen LogP contribution is -2.06. The van der Waals surface area contributed by atoms with Crippen LogP contribution in [0.25, 0.3) is 0 Å². The van der Waals surface area contributed by atoms with Crippen LogP contribution in [0, 0.1) is 0 Å². The maximum absolute atomic E-state index is 12.3. The van der Waals surface area contributed by atoms with Crippen LogP contribution in [-0.2, 0) is 13.6 Å². The van der Waals surface area contributed by atoms with Gasteiger partial charge in [-0.1, -0.05) is 29.3 Å². The Morgan fingerprint density at radius 1 is 1.22 bits per heavy atom. The van der Waals surface area contributed by atoms with Crippen LogP contribution in [0.3, 0.4) is 0 Å². The highest BCUT2D eigenvalue weighted by molar-refractivity contribution is 7.54. The van der Waals surface area contributed by atoms with Gasteiger partial charge >= 0.3 is 7.60 Å². The van der Waals surface area contributed by atoms with Crippen LogP contribution in [0.4, 0.5) is 0 Å². The Kier molecular flexibility index (Phi) is 6.12. The lowest BCUT2D eigenvalue weighted by Gasteiger charge is -2.22. The fraction of sp³-hybridized carbons (Fsp3) is 0.455.